The van der Waals surface area contributed by atoms with E-state index in [9.17, 15) is 4.79 Å². The van der Waals surface area contributed by atoms with Crippen LogP contribution in [0.3, 0.4) is 0 Å². The topological polar surface area (TPSA) is 72.0 Å². The number of hydrogen-bond donors (Lipinski definition) is 2. The Bertz CT molecular complexity index is 1210. The molecule has 2 heterocycles. The molecule has 2 aliphatic heterocycles. The third-order valence-corrected chi connectivity index (χ3v) is 5.79. The first-order valence-corrected chi connectivity index (χ1v) is 10.9. The number of ether oxygens (including phenoxy) is 2. The quantitative estimate of drug-likeness (QED) is 0.519. The number of benzene rings is 3. The SMILES string of the molecule is CCNCc1ccc(N=C(c2ccc3c(c2)OCO3)C2C(=O)Nc3cc(Cl)ccc32)cc1. The van der Waals surface area contributed by atoms with Crippen LogP contribution < -0.4 is 20.1 Å². The van der Waals surface area contributed by atoms with E-state index in [4.69, 9.17) is 26.1 Å². The first-order chi connectivity index (χ1) is 15.6. The highest BCUT2D eigenvalue weighted by Crippen LogP contribution is 2.40. The van der Waals surface area contributed by atoms with Gasteiger partial charge in [-0.05, 0) is 60.1 Å². The van der Waals surface area contributed by atoms with E-state index in [0.717, 1.165) is 29.9 Å². The molecule has 0 aromatic heterocycles. The smallest absolute Gasteiger partial charge is 0.238 e. The maximum absolute atomic E-state index is 13.1. The van der Waals surface area contributed by atoms with Crippen molar-refractivity contribution in [1.82, 2.24) is 5.32 Å². The molecule has 1 unspecified atom stereocenters. The standard InChI is InChI=1S/C25H22ClN3O3/c1-2-27-13-15-3-7-18(8-4-15)28-24(16-5-10-21-22(11-16)32-14-31-21)23-19-9-6-17(26)12-20(19)29-25(23)30/h3-12,23,27H,2,13-14H2,1H3,(H,29,30). The van der Waals surface area contributed by atoms with Gasteiger partial charge in [0.05, 0.1) is 11.4 Å². The average molecular weight is 448 g/mol. The Morgan fingerprint density at radius 1 is 1.09 bits per heavy atom. The van der Waals surface area contributed by atoms with E-state index >= 15 is 0 Å². The number of carbonyl (C=O) groups excluding carboxylic acids is 1. The van der Waals surface area contributed by atoms with Gasteiger partial charge in [-0.3, -0.25) is 9.79 Å². The second-order valence-corrected chi connectivity index (χ2v) is 8.10. The Kier molecular flexibility index (Phi) is 5.55. The number of nitrogens with zero attached hydrogens (tertiary/aromatic N) is 1. The van der Waals surface area contributed by atoms with Gasteiger partial charge in [-0.25, -0.2) is 0 Å². The maximum atomic E-state index is 13.1. The summed E-state index contributed by atoms with van der Waals surface area (Å²) in [6.07, 6.45) is 0. The molecule has 0 spiro atoms. The van der Waals surface area contributed by atoms with E-state index in [-0.39, 0.29) is 12.7 Å². The van der Waals surface area contributed by atoms with Crippen molar-refractivity contribution in [2.45, 2.75) is 19.4 Å². The minimum absolute atomic E-state index is 0.137. The van der Waals surface area contributed by atoms with E-state index in [1.807, 2.05) is 48.5 Å². The Balaban J connectivity index is 1.59. The van der Waals surface area contributed by atoms with E-state index in [1.54, 1.807) is 12.1 Å². The molecule has 0 radical (unpaired) electrons. The minimum Gasteiger partial charge on any atom is -0.454 e. The number of halogens is 1. The predicted octanol–water partition coefficient (Wildman–Crippen LogP) is 5.03. The molecule has 0 saturated heterocycles. The zero-order valence-electron chi connectivity index (χ0n) is 17.5. The zero-order valence-corrected chi connectivity index (χ0v) is 18.3. The lowest BCUT2D eigenvalue weighted by Gasteiger charge is -2.15. The molecule has 5 rings (SSSR count). The fourth-order valence-corrected chi connectivity index (χ4v) is 4.13. The highest BCUT2D eigenvalue weighted by Gasteiger charge is 2.36. The number of fused-ring (bicyclic) bond motifs is 2. The summed E-state index contributed by atoms with van der Waals surface area (Å²) in [5, 5.41) is 6.83. The van der Waals surface area contributed by atoms with Crippen LogP contribution in [0, 0.1) is 0 Å². The second kappa shape index (κ2) is 8.65. The molecule has 1 amide bonds. The molecule has 2 aliphatic rings. The van der Waals surface area contributed by atoms with Gasteiger partial charge < -0.3 is 20.1 Å². The number of aliphatic imine (C=N–C) groups is 1. The van der Waals surface area contributed by atoms with Gasteiger partial charge in [-0.15, -0.1) is 0 Å². The summed E-state index contributed by atoms with van der Waals surface area (Å²) in [6.45, 7) is 3.97. The van der Waals surface area contributed by atoms with E-state index in [1.165, 1.54) is 5.56 Å². The fraction of sp³-hybridized carbons (Fsp3) is 0.200. The molecule has 0 saturated carbocycles. The first kappa shape index (κ1) is 20.5. The Hall–Kier alpha value is -3.35. The summed E-state index contributed by atoms with van der Waals surface area (Å²) in [5.41, 5.74) is 4.94. The summed E-state index contributed by atoms with van der Waals surface area (Å²) in [6, 6.07) is 19.1. The monoisotopic (exact) mass is 447 g/mol. The predicted molar refractivity (Wildman–Crippen MR) is 125 cm³/mol. The summed E-state index contributed by atoms with van der Waals surface area (Å²) < 4.78 is 11.0. The van der Waals surface area contributed by atoms with Crippen LogP contribution in [0.15, 0.2) is 65.7 Å². The molecule has 0 bridgehead atoms. The second-order valence-electron chi connectivity index (χ2n) is 7.67. The van der Waals surface area contributed by atoms with Crippen molar-refractivity contribution in [3.63, 3.8) is 0 Å². The highest BCUT2D eigenvalue weighted by atomic mass is 35.5. The van der Waals surface area contributed by atoms with E-state index in [2.05, 4.69) is 17.6 Å². The van der Waals surface area contributed by atoms with Crippen LogP contribution in [0.5, 0.6) is 11.5 Å². The molecule has 6 nitrogen and oxygen atoms in total. The number of amides is 1. The minimum atomic E-state index is -0.566. The van der Waals surface area contributed by atoms with Crippen molar-refractivity contribution < 1.29 is 14.3 Å². The molecule has 3 aromatic carbocycles. The van der Waals surface area contributed by atoms with E-state index in [0.29, 0.717) is 27.9 Å². The number of rotatable bonds is 6. The first-order valence-electron chi connectivity index (χ1n) is 10.5. The molecular weight excluding hydrogens is 426 g/mol. The maximum Gasteiger partial charge on any atom is 0.238 e. The number of nitrogens with one attached hydrogen (secondary N) is 2. The molecule has 3 aromatic rings. The third kappa shape index (κ3) is 3.95. The van der Waals surface area contributed by atoms with Crippen molar-refractivity contribution in [3.8, 4) is 11.5 Å². The molecule has 32 heavy (non-hydrogen) atoms. The van der Waals surface area contributed by atoms with Crippen LogP contribution in [0.2, 0.25) is 5.02 Å². The van der Waals surface area contributed by atoms with Crippen LogP contribution in [0.1, 0.15) is 29.5 Å². The molecule has 1 atom stereocenters. The van der Waals surface area contributed by atoms with Crippen molar-refractivity contribution in [3.05, 3.63) is 82.4 Å². The van der Waals surface area contributed by atoms with Gasteiger partial charge in [-0.2, -0.15) is 0 Å². The molecule has 0 fully saturated rings. The van der Waals surface area contributed by atoms with Crippen LogP contribution in [-0.4, -0.2) is 25.0 Å². The van der Waals surface area contributed by atoms with Gasteiger partial charge in [0.25, 0.3) is 0 Å². The molecular formula is C25H22ClN3O3. The summed E-state index contributed by atoms with van der Waals surface area (Å²) in [5.74, 6) is 0.626. The normalized spacial score (nSPS) is 16.8. The van der Waals surface area contributed by atoms with Crippen LogP contribution >= 0.6 is 11.6 Å². The lowest BCUT2D eigenvalue weighted by molar-refractivity contribution is -0.115. The Morgan fingerprint density at radius 2 is 1.91 bits per heavy atom. The summed E-state index contributed by atoms with van der Waals surface area (Å²) >= 11 is 6.14. The van der Waals surface area contributed by atoms with Gasteiger partial charge in [-0.1, -0.05) is 36.7 Å². The lowest BCUT2D eigenvalue weighted by atomic mass is 9.90. The molecule has 0 aliphatic carbocycles. The van der Waals surface area contributed by atoms with Gasteiger partial charge in [0.2, 0.25) is 12.7 Å². The highest BCUT2D eigenvalue weighted by molar-refractivity contribution is 6.31. The van der Waals surface area contributed by atoms with Crippen molar-refractivity contribution in [2.75, 3.05) is 18.7 Å². The third-order valence-electron chi connectivity index (χ3n) is 5.55. The van der Waals surface area contributed by atoms with Crippen molar-refractivity contribution in [2.24, 2.45) is 4.99 Å². The summed E-state index contributed by atoms with van der Waals surface area (Å²) in [4.78, 5) is 18.0. The van der Waals surface area contributed by atoms with Gasteiger partial charge in [0, 0.05) is 22.8 Å². The number of carbonyl (C=O) groups is 1. The molecule has 162 valence electrons. The average Bonchev–Trinajstić information content (AvgIpc) is 3.39. The Morgan fingerprint density at radius 3 is 2.72 bits per heavy atom. The van der Waals surface area contributed by atoms with Gasteiger partial charge in [0.15, 0.2) is 11.5 Å². The largest absolute Gasteiger partial charge is 0.454 e. The fourth-order valence-electron chi connectivity index (χ4n) is 3.95. The van der Waals surface area contributed by atoms with E-state index < -0.39 is 5.92 Å². The molecule has 2 N–H and O–H groups in total. The zero-order chi connectivity index (χ0) is 22.1. The summed E-state index contributed by atoms with van der Waals surface area (Å²) in [7, 11) is 0. The number of anilines is 1. The number of hydrogen-bond acceptors (Lipinski definition) is 5. The lowest BCUT2D eigenvalue weighted by Crippen LogP contribution is -2.22. The van der Waals surface area contributed by atoms with Crippen LogP contribution in [0.25, 0.3) is 0 Å². The van der Waals surface area contributed by atoms with Crippen molar-refractivity contribution >= 4 is 34.6 Å². The van der Waals surface area contributed by atoms with Gasteiger partial charge in [0.1, 0.15) is 5.92 Å². The van der Waals surface area contributed by atoms with Crippen molar-refractivity contribution in [1.29, 1.82) is 0 Å². The van der Waals surface area contributed by atoms with Crippen LogP contribution in [0.4, 0.5) is 11.4 Å². The Labute approximate surface area is 191 Å². The van der Waals surface area contributed by atoms with Gasteiger partial charge >= 0.3 is 0 Å². The van der Waals surface area contributed by atoms with Crippen LogP contribution in [-0.2, 0) is 11.3 Å². The molecule has 7 heteroatoms.